The van der Waals surface area contributed by atoms with E-state index in [1.165, 1.54) is 0 Å². The summed E-state index contributed by atoms with van der Waals surface area (Å²) in [6.07, 6.45) is 0.379. The number of hydrogen-bond acceptors (Lipinski definition) is 3. The summed E-state index contributed by atoms with van der Waals surface area (Å²) in [4.78, 5) is 12.0. The molecule has 2 rings (SSSR count). The molecule has 0 amide bonds. The van der Waals surface area contributed by atoms with Crippen LogP contribution in [-0.2, 0) is 11.3 Å². The van der Waals surface area contributed by atoms with Gasteiger partial charge in [0, 0.05) is 11.0 Å². The highest BCUT2D eigenvalue weighted by Gasteiger charge is 2.13. The lowest BCUT2D eigenvalue weighted by Crippen LogP contribution is -2.06. The van der Waals surface area contributed by atoms with Crippen LogP contribution in [0.25, 0.3) is 0 Å². The molecule has 0 unspecified atom stereocenters. The highest BCUT2D eigenvalue weighted by atomic mass is 16.5. The SMILES string of the molecule is CC(C)(C#Cc1ccc(C(=O)OCc2ccccc2)cc1)CC#N. The average Bonchev–Trinajstić information content (AvgIpc) is 2.59. The molecule has 0 saturated heterocycles. The summed E-state index contributed by atoms with van der Waals surface area (Å²) >= 11 is 0. The average molecular weight is 317 g/mol. The normalized spacial score (nSPS) is 10.2. The summed E-state index contributed by atoms with van der Waals surface area (Å²) in [6.45, 7) is 4.11. The minimum atomic E-state index is -0.358. The van der Waals surface area contributed by atoms with Crippen LogP contribution in [0.15, 0.2) is 54.6 Å². The minimum Gasteiger partial charge on any atom is -0.457 e. The van der Waals surface area contributed by atoms with Crippen molar-refractivity contribution in [2.24, 2.45) is 5.41 Å². The molecule has 0 atom stereocenters. The highest BCUT2D eigenvalue weighted by molar-refractivity contribution is 5.89. The number of carbonyl (C=O) groups is 1. The van der Waals surface area contributed by atoms with Crippen molar-refractivity contribution in [1.82, 2.24) is 0 Å². The predicted molar refractivity (Wildman–Crippen MR) is 92.9 cm³/mol. The van der Waals surface area contributed by atoms with Gasteiger partial charge < -0.3 is 4.74 Å². The Balaban J connectivity index is 1.98. The molecule has 0 fully saturated rings. The number of hydrogen-bond donors (Lipinski definition) is 0. The van der Waals surface area contributed by atoms with Crippen LogP contribution in [0.4, 0.5) is 0 Å². The molecule has 0 heterocycles. The monoisotopic (exact) mass is 317 g/mol. The maximum Gasteiger partial charge on any atom is 0.338 e. The Morgan fingerprint density at radius 2 is 1.75 bits per heavy atom. The second-order valence-electron chi connectivity index (χ2n) is 6.11. The van der Waals surface area contributed by atoms with E-state index in [1.54, 1.807) is 24.3 Å². The van der Waals surface area contributed by atoms with Gasteiger partial charge in [0.25, 0.3) is 0 Å². The van der Waals surface area contributed by atoms with Crippen LogP contribution in [-0.4, -0.2) is 5.97 Å². The summed E-state index contributed by atoms with van der Waals surface area (Å²) < 4.78 is 5.29. The van der Waals surface area contributed by atoms with E-state index in [9.17, 15) is 4.79 Å². The quantitative estimate of drug-likeness (QED) is 0.623. The molecule has 2 aromatic rings. The zero-order valence-electron chi connectivity index (χ0n) is 13.9. The zero-order chi connectivity index (χ0) is 17.4. The maximum absolute atomic E-state index is 12.0. The first-order valence-electron chi connectivity index (χ1n) is 7.71. The van der Waals surface area contributed by atoms with Gasteiger partial charge in [0.2, 0.25) is 0 Å². The van der Waals surface area contributed by atoms with Crippen molar-refractivity contribution in [2.45, 2.75) is 26.9 Å². The minimum absolute atomic E-state index is 0.254. The standard InChI is InChI=1S/C21H19NO2/c1-21(2,14-15-22)13-12-17-8-10-19(11-9-17)20(23)24-16-18-6-4-3-5-7-18/h3-11H,14,16H2,1-2H3. The maximum atomic E-state index is 12.0. The van der Waals surface area contributed by atoms with Crippen LogP contribution in [0.3, 0.4) is 0 Å². The number of nitrogens with zero attached hydrogens (tertiary/aromatic N) is 1. The number of ether oxygens (including phenoxy) is 1. The van der Waals surface area contributed by atoms with Crippen LogP contribution >= 0.6 is 0 Å². The molecule has 0 aromatic heterocycles. The summed E-state index contributed by atoms with van der Waals surface area (Å²) in [5.41, 5.74) is 1.91. The van der Waals surface area contributed by atoms with Crippen molar-refractivity contribution < 1.29 is 9.53 Å². The number of carbonyl (C=O) groups excluding carboxylic acids is 1. The zero-order valence-corrected chi connectivity index (χ0v) is 13.9. The van der Waals surface area contributed by atoms with Gasteiger partial charge in [-0.05, 0) is 43.7 Å². The molecule has 0 bridgehead atoms. The summed E-state index contributed by atoms with van der Waals surface area (Å²) in [6, 6.07) is 18.7. The highest BCUT2D eigenvalue weighted by Crippen LogP contribution is 2.18. The lowest BCUT2D eigenvalue weighted by molar-refractivity contribution is 0.0472. The molecule has 0 radical (unpaired) electrons. The smallest absolute Gasteiger partial charge is 0.338 e. The molecular formula is C21H19NO2. The fourth-order valence-electron chi connectivity index (χ4n) is 1.98. The first kappa shape index (κ1) is 17.3. The van der Waals surface area contributed by atoms with Gasteiger partial charge in [-0.3, -0.25) is 0 Å². The molecule has 0 aliphatic rings. The molecule has 120 valence electrons. The molecule has 0 aliphatic heterocycles. The Kier molecular flexibility index (Phi) is 5.77. The van der Waals surface area contributed by atoms with Crippen LogP contribution < -0.4 is 0 Å². The Bertz CT molecular complexity index is 788. The molecule has 0 aliphatic carbocycles. The Morgan fingerprint density at radius 1 is 1.08 bits per heavy atom. The summed E-state index contributed by atoms with van der Waals surface area (Å²) in [5.74, 6) is 5.77. The molecule has 0 N–H and O–H groups in total. The van der Waals surface area contributed by atoms with Crippen molar-refractivity contribution >= 4 is 5.97 Å². The Hall–Kier alpha value is -3.04. The summed E-state index contributed by atoms with van der Waals surface area (Å²) in [7, 11) is 0. The first-order valence-corrected chi connectivity index (χ1v) is 7.71. The number of benzene rings is 2. The van der Waals surface area contributed by atoms with E-state index >= 15 is 0 Å². The first-order chi connectivity index (χ1) is 11.5. The third-order valence-corrected chi connectivity index (χ3v) is 3.40. The predicted octanol–water partition coefficient (Wildman–Crippen LogP) is 4.33. The molecule has 0 spiro atoms. The molecule has 24 heavy (non-hydrogen) atoms. The van der Waals surface area contributed by atoms with E-state index in [-0.39, 0.29) is 18.0 Å². The molecular weight excluding hydrogens is 298 g/mol. The topological polar surface area (TPSA) is 50.1 Å². The van der Waals surface area contributed by atoms with Crippen LogP contribution in [0, 0.1) is 28.6 Å². The van der Waals surface area contributed by atoms with E-state index in [0.29, 0.717) is 12.0 Å². The number of nitriles is 1. The van der Waals surface area contributed by atoms with Gasteiger partial charge >= 0.3 is 5.97 Å². The molecule has 3 heteroatoms. The molecule has 0 saturated carbocycles. The fourth-order valence-corrected chi connectivity index (χ4v) is 1.98. The lowest BCUT2D eigenvalue weighted by atomic mass is 9.90. The van der Waals surface area contributed by atoms with Gasteiger partial charge in [-0.25, -0.2) is 4.79 Å². The Morgan fingerprint density at radius 3 is 2.38 bits per heavy atom. The van der Waals surface area contributed by atoms with Crippen molar-refractivity contribution in [3.8, 4) is 17.9 Å². The van der Waals surface area contributed by atoms with Gasteiger partial charge in [0.1, 0.15) is 6.61 Å². The fraction of sp³-hybridized carbons (Fsp3) is 0.238. The van der Waals surface area contributed by atoms with E-state index in [0.717, 1.165) is 11.1 Å². The summed E-state index contributed by atoms with van der Waals surface area (Å²) in [5, 5.41) is 8.76. The van der Waals surface area contributed by atoms with Gasteiger partial charge in [0.05, 0.1) is 18.1 Å². The van der Waals surface area contributed by atoms with E-state index < -0.39 is 0 Å². The second-order valence-corrected chi connectivity index (χ2v) is 6.11. The van der Waals surface area contributed by atoms with Gasteiger partial charge in [-0.2, -0.15) is 5.26 Å². The molecule has 2 aromatic carbocycles. The number of esters is 1. The van der Waals surface area contributed by atoms with Crippen molar-refractivity contribution in [1.29, 1.82) is 5.26 Å². The van der Waals surface area contributed by atoms with E-state index in [4.69, 9.17) is 10.00 Å². The van der Waals surface area contributed by atoms with E-state index in [2.05, 4.69) is 17.9 Å². The third kappa shape index (κ3) is 5.30. The van der Waals surface area contributed by atoms with Crippen LogP contribution in [0.1, 0.15) is 41.8 Å². The Labute approximate surface area is 142 Å². The van der Waals surface area contributed by atoms with Gasteiger partial charge in [-0.15, -0.1) is 0 Å². The van der Waals surface area contributed by atoms with Crippen molar-refractivity contribution in [3.63, 3.8) is 0 Å². The van der Waals surface area contributed by atoms with Gasteiger partial charge in [0.15, 0.2) is 0 Å². The largest absolute Gasteiger partial charge is 0.457 e. The second kappa shape index (κ2) is 7.99. The van der Waals surface area contributed by atoms with E-state index in [1.807, 2.05) is 44.2 Å². The van der Waals surface area contributed by atoms with Crippen LogP contribution in [0.5, 0.6) is 0 Å². The molecule has 3 nitrogen and oxygen atoms in total. The van der Waals surface area contributed by atoms with Crippen LogP contribution in [0.2, 0.25) is 0 Å². The lowest BCUT2D eigenvalue weighted by Gasteiger charge is -2.11. The third-order valence-electron chi connectivity index (χ3n) is 3.40. The van der Waals surface area contributed by atoms with Crippen molar-refractivity contribution in [2.75, 3.05) is 0 Å². The van der Waals surface area contributed by atoms with Crippen molar-refractivity contribution in [3.05, 3.63) is 71.3 Å². The van der Waals surface area contributed by atoms with Gasteiger partial charge in [-0.1, -0.05) is 42.2 Å². The number of rotatable bonds is 4.